The summed E-state index contributed by atoms with van der Waals surface area (Å²) in [5.41, 5.74) is 6.34. The lowest BCUT2D eigenvalue weighted by Gasteiger charge is -2.23. The van der Waals surface area contributed by atoms with E-state index >= 15 is 0 Å². The smallest absolute Gasteiger partial charge is 0.238 e. The molecule has 4 rings (SSSR count). The van der Waals surface area contributed by atoms with Gasteiger partial charge in [0.15, 0.2) is 23.6 Å². The Hall–Kier alpha value is -4.04. The first-order chi connectivity index (χ1) is 15.3. The molecule has 2 atom stereocenters. The highest BCUT2D eigenvalue weighted by atomic mass is 16.7. The van der Waals surface area contributed by atoms with Gasteiger partial charge in [0, 0.05) is 24.1 Å². The summed E-state index contributed by atoms with van der Waals surface area (Å²) in [5.74, 6) is -0.401. The highest BCUT2D eigenvalue weighted by Crippen LogP contribution is 2.41. The zero-order valence-corrected chi connectivity index (χ0v) is 17.4. The number of nitrogens with two attached hydrogens (primary N) is 1. The van der Waals surface area contributed by atoms with E-state index in [4.69, 9.17) is 19.9 Å². The van der Waals surface area contributed by atoms with Crippen LogP contribution in [0.4, 0.5) is 5.69 Å². The highest BCUT2D eigenvalue weighted by molar-refractivity contribution is 6.31. The molecular formula is C24H21NO7. The van der Waals surface area contributed by atoms with Crippen LogP contribution >= 0.6 is 0 Å². The topological polar surface area (TPSA) is 128 Å². The number of nitrogen functional groups attached to an aromatic ring is 1. The van der Waals surface area contributed by atoms with Gasteiger partial charge in [-0.2, -0.15) is 0 Å². The van der Waals surface area contributed by atoms with Gasteiger partial charge in [0.2, 0.25) is 6.29 Å². The zero-order chi connectivity index (χ0) is 23.0. The number of phenols is 1. The van der Waals surface area contributed by atoms with Gasteiger partial charge in [-0.3, -0.25) is 9.59 Å². The quantitative estimate of drug-likeness (QED) is 0.239. The van der Waals surface area contributed by atoms with E-state index in [0.29, 0.717) is 11.5 Å². The summed E-state index contributed by atoms with van der Waals surface area (Å²) in [6.45, 7) is 3.11. The lowest BCUT2D eigenvalue weighted by atomic mass is 9.82. The zero-order valence-electron chi connectivity index (χ0n) is 17.4. The van der Waals surface area contributed by atoms with E-state index in [1.165, 1.54) is 19.1 Å². The molecule has 4 N–H and O–H groups in total. The van der Waals surface area contributed by atoms with Gasteiger partial charge < -0.3 is 30.2 Å². The second kappa shape index (κ2) is 8.24. The fourth-order valence-electron chi connectivity index (χ4n) is 3.56. The van der Waals surface area contributed by atoms with Gasteiger partial charge in [-0.1, -0.05) is 24.3 Å². The number of ether oxygens (including phenoxy) is 3. The third-order valence-electron chi connectivity index (χ3n) is 4.90. The monoisotopic (exact) mass is 435 g/mol. The third-order valence-corrected chi connectivity index (χ3v) is 4.90. The molecule has 164 valence electrons. The van der Waals surface area contributed by atoms with Gasteiger partial charge >= 0.3 is 0 Å². The molecule has 8 heteroatoms. The fraction of sp³-hybridized carbons (Fsp3) is 0.167. The van der Waals surface area contributed by atoms with E-state index < -0.39 is 29.9 Å². The summed E-state index contributed by atoms with van der Waals surface area (Å²) >= 11 is 0. The Bertz CT molecular complexity index is 1200. The number of rotatable bonds is 6. The lowest BCUT2D eigenvalue weighted by Crippen LogP contribution is -2.24. The normalized spacial score (nSPS) is 14.2. The predicted molar refractivity (Wildman–Crippen MR) is 115 cm³/mol. The molecule has 0 aliphatic heterocycles. The van der Waals surface area contributed by atoms with Gasteiger partial charge in [-0.15, -0.1) is 0 Å². The van der Waals surface area contributed by atoms with E-state index in [-0.39, 0.29) is 33.7 Å². The maximum absolute atomic E-state index is 13.0. The van der Waals surface area contributed by atoms with Crippen LogP contribution < -0.4 is 19.9 Å². The maximum Gasteiger partial charge on any atom is 0.238 e. The van der Waals surface area contributed by atoms with Crippen LogP contribution in [-0.2, 0) is 0 Å². The van der Waals surface area contributed by atoms with Gasteiger partial charge in [-0.05, 0) is 31.2 Å². The summed E-state index contributed by atoms with van der Waals surface area (Å²) in [4.78, 5) is 25.8. The standard InChI is InChI=1S/C24H21NO7/c1-12(26)30-14-7-9-15(10-8-14)31-13(2)32-19-11-18(27)20-21(22(19)25)24(29)17-6-4-3-5-16(17)23(20)28/h3-13,26-27H,25H2,1-2H3. The Balaban J connectivity index is 1.58. The molecule has 0 saturated carbocycles. The minimum atomic E-state index is -0.940. The number of anilines is 1. The average Bonchev–Trinajstić information content (AvgIpc) is 2.75. The molecule has 0 heterocycles. The molecule has 0 bridgehead atoms. The molecule has 0 aromatic heterocycles. The van der Waals surface area contributed by atoms with E-state index in [1.807, 2.05) is 0 Å². The van der Waals surface area contributed by atoms with Crippen LogP contribution in [0.1, 0.15) is 45.7 Å². The lowest BCUT2D eigenvalue weighted by molar-refractivity contribution is -0.000756. The number of hydrogen-bond donors (Lipinski definition) is 3. The van der Waals surface area contributed by atoms with Crippen molar-refractivity contribution in [2.24, 2.45) is 0 Å². The van der Waals surface area contributed by atoms with Gasteiger partial charge in [-0.25, -0.2) is 0 Å². The number of aromatic hydroxyl groups is 1. The van der Waals surface area contributed by atoms with Crippen molar-refractivity contribution >= 4 is 17.3 Å². The van der Waals surface area contributed by atoms with Crippen molar-refractivity contribution in [3.8, 4) is 23.0 Å². The van der Waals surface area contributed by atoms with Crippen LogP contribution in [0.3, 0.4) is 0 Å². The second-order valence-corrected chi connectivity index (χ2v) is 7.25. The molecule has 0 spiro atoms. The van der Waals surface area contributed by atoms with Crippen molar-refractivity contribution < 1.29 is 34.0 Å². The third kappa shape index (κ3) is 3.83. The van der Waals surface area contributed by atoms with Gasteiger partial charge in [0.25, 0.3) is 0 Å². The van der Waals surface area contributed by atoms with Crippen LogP contribution in [0.2, 0.25) is 0 Å². The first kappa shape index (κ1) is 21.2. The van der Waals surface area contributed by atoms with Gasteiger partial charge in [0.05, 0.1) is 16.8 Å². The first-order valence-corrected chi connectivity index (χ1v) is 9.88. The summed E-state index contributed by atoms with van der Waals surface area (Å²) in [6.07, 6.45) is -1.79. The molecule has 0 amide bonds. The van der Waals surface area contributed by atoms with E-state index in [2.05, 4.69) is 0 Å². The molecule has 1 aliphatic carbocycles. The number of phenolic OH excluding ortho intramolecular Hbond substituents is 1. The Labute approximate surface area is 183 Å². The van der Waals surface area contributed by atoms with Crippen LogP contribution in [-0.4, -0.2) is 34.4 Å². The predicted octanol–water partition coefficient (Wildman–Crippen LogP) is 3.27. The number of aliphatic hydroxyl groups is 1. The van der Waals surface area contributed by atoms with Crippen molar-refractivity contribution in [2.75, 3.05) is 5.73 Å². The summed E-state index contributed by atoms with van der Waals surface area (Å²) in [6, 6.07) is 14.1. The van der Waals surface area contributed by atoms with Crippen molar-refractivity contribution in [2.45, 2.75) is 26.4 Å². The Morgan fingerprint density at radius 2 is 1.34 bits per heavy atom. The number of benzene rings is 3. The van der Waals surface area contributed by atoms with Crippen molar-refractivity contribution in [3.63, 3.8) is 0 Å². The van der Waals surface area contributed by atoms with Crippen molar-refractivity contribution in [3.05, 3.63) is 76.9 Å². The molecule has 32 heavy (non-hydrogen) atoms. The molecule has 1 aliphatic rings. The summed E-state index contributed by atoms with van der Waals surface area (Å²) < 4.78 is 16.6. The maximum atomic E-state index is 13.0. The number of ketones is 2. The molecular weight excluding hydrogens is 414 g/mol. The molecule has 0 saturated heterocycles. The Kier molecular flexibility index (Phi) is 5.46. The van der Waals surface area contributed by atoms with Crippen molar-refractivity contribution in [1.82, 2.24) is 0 Å². The van der Waals surface area contributed by atoms with Gasteiger partial charge in [0.1, 0.15) is 17.2 Å². The average molecular weight is 435 g/mol. The summed E-state index contributed by atoms with van der Waals surface area (Å²) in [5, 5.41) is 19.8. The Morgan fingerprint density at radius 3 is 1.91 bits per heavy atom. The van der Waals surface area contributed by atoms with E-state index in [0.717, 1.165) is 0 Å². The summed E-state index contributed by atoms with van der Waals surface area (Å²) in [7, 11) is 0. The van der Waals surface area contributed by atoms with Crippen LogP contribution in [0.25, 0.3) is 0 Å². The first-order valence-electron chi connectivity index (χ1n) is 9.88. The molecule has 2 unspecified atom stereocenters. The van der Waals surface area contributed by atoms with E-state index in [1.54, 1.807) is 49.4 Å². The minimum Gasteiger partial charge on any atom is -0.507 e. The molecule has 0 fully saturated rings. The number of carbonyl (C=O) groups excluding carboxylic acids is 2. The number of aliphatic hydroxyl groups excluding tert-OH is 1. The number of hydrogen-bond acceptors (Lipinski definition) is 8. The van der Waals surface area contributed by atoms with Crippen LogP contribution in [0.15, 0.2) is 54.6 Å². The van der Waals surface area contributed by atoms with E-state index in [9.17, 15) is 19.8 Å². The van der Waals surface area contributed by atoms with Crippen LogP contribution in [0, 0.1) is 0 Å². The second-order valence-electron chi connectivity index (χ2n) is 7.25. The Morgan fingerprint density at radius 1 is 0.812 bits per heavy atom. The molecule has 3 aromatic rings. The fourth-order valence-corrected chi connectivity index (χ4v) is 3.56. The molecule has 0 radical (unpaired) electrons. The van der Waals surface area contributed by atoms with Crippen LogP contribution in [0.5, 0.6) is 23.0 Å². The SMILES string of the molecule is CC(O)Oc1ccc(OC(C)Oc2cc(O)c3c(c2N)C(=O)c2ccccc2C3=O)cc1. The highest BCUT2D eigenvalue weighted by Gasteiger charge is 2.35. The molecule has 3 aromatic carbocycles. The number of fused-ring (bicyclic) bond motifs is 2. The minimum absolute atomic E-state index is 0.0170. The molecule has 8 nitrogen and oxygen atoms in total. The van der Waals surface area contributed by atoms with Crippen molar-refractivity contribution in [1.29, 1.82) is 0 Å². The largest absolute Gasteiger partial charge is 0.507 e. The number of carbonyl (C=O) groups is 2.